The van der Waals surface area contributed by atoms with Gasteiger partial charge in [0.1, 0.15) is 0 Å². The van der Waals surface area contributed by atoms with E-state index < -0.39 is 24.2 Å². The van der Waals surface area contributed by atoms with Gasteiger partial charge in [-0.15, -0.1) is 0 Å². The van der Waals surface area contributed by atoms with E-state index in [1.165, 1.54) is 0 Å². The van der Waals surface area contributed by atoms with Gasteiger partial charge in [-0.3, -0.25) is 0 Å². The van der Waals surface area contributed by atoms with E-state index in [9.17, 15) is 0 Å². The first kappa shape index (κ1) is 36.3. The fourth-order valence-electron chi connectivity index (χ4n) is 6.69. The predicted molar refractivity (Wildman–Crippen MR) is 217 cm³/mol. The van der Waals surface area contributed by atoms with Crippen LogP contribution in [-0.2, 0) is 17.0 Å². The van der Waals surface area contributed by atoms with Gasteiger partial charge in [-0.05, 0) is 42.2 Å². The van der Waals surface area contributed by atoms with Gasteiger partial charge in [0, 0.05) is 12.8 Å². The predicted octanol–water partition coefficient (Wildman–Crippen LogP) is 8.16. The molecule has 6 aromatic rings. The summed E-state index contributed by atoms with van der Waals surface area (Å²) in [5.74, 6) is 0. The molecule has 0 aliphatic heterocycles. The van der Waals surface area contributed by atoms with E-state index in [4.69, 9.17) is 73.7 Å². The van der Waals surface area contributed by atoms with Crippen molar-refractivity contribution in [2.75, 3.05) is 0 Å². The Bertz CT molecular complexity index is 1740. The fraction of sp³-hybridized carbons (Fsp3) is 0.100. The van der Waals surface area contributed by atoms with E-state index >= 15 is 0 Å². The number of alkyl halides is 6. The van der Waals surface area contributed by atoms with Gasteiger partial charge in [0.2, 0.25) is 0 Å². The molecule has 0 aliphatic carbocycles. The Balaban J connectivity index is 1.81. The minimum atomic E-state index is -3.55. The van der Waals surface area contributed by atoms with Gasteiger partial charge in [-0.1, -0.05) is 239 Å². The van der Waals surface area contributed by atoms with Crippen molar-refractivity contribution in [1.29, 1.82) is 0 Å². The molecule has 248 valence electrons. The van der Waals surface area contributed by atoms with Crippen molar-refractivity contribution in [3.8, 4) is 0 Å². The number of hydrogen-bond donors (Lipinski definition) is 0. The summed E-state index contributed by atoms with van der Waals surface area (Å²) >= 11 is 39.4. The molecule has 6 rings (SSSR count). The Morgan fingerprint density at radius 2 is 0.592 bits per heavy atom. The minimum Gasteiger partial charge on any atom is -0.435 e. The van der Waals surface area contributed by atoms with Gasteiger partial charge in [0.25, 0.3) is 16.6 Å². The number of hydrogen-bond acceptors (Lipinski definition) is 1. The van der Waals surface area contributed by atoms with Crippen LogP contribution in [0.3, 0.4) is 0 Å². The van der Waals surface area contributed by atoms with Crippen LogP contribution in [0.25, 0.3) is 0 Å². The van der Waals surface area contributed by atoms with Crippen molar-refractivity contribution in [3.05, 3.63) is 181 Å². The summed E-state index contributed by atoms with van der Waals surface area (Å²) in [6, 6.07) is 58.3. The monoisotopic (exact) mass is 794 g/mol. The molecule has 0 saturated carbocycles. The van der Waals surface area contributed by atoms with E-state index in [-0.39, 0.29) is 12.8 Å². The van der Waals surface area contributed by atoms with Gasteiger partial charge >= 0.3 is 0 Å². The molecule has 0 aromatic heterocycles. The van der Waals surface area contributed by atoms with Gasteiger partial charge in [-0.25, -0.2) is 0 Å². The highest BCUT2D eigenvalue weighted by Gasteiger charge is 2.54. The molecule has 0 atom stereocenters. The van der Waals surface area contributed by atoms with E-state index in [0.717, 1.165) is 42.2 Å². The second kappa shape index (κ2) is 15.4. The smallest absolute Gasteiger partial charge is 0.279 e. The molecule has 0 bridgehead atoms. The molecule has 0 spiro atoms. The van der Waals surface area contributed by atoms with Crippen LogP contribution >= 0.6 is 69.6 Å². The lowest BCUT2D eigenvalue weighted by molar-refractivity contribution is 0.599. The summed E-state index contributed by atoms with van der Waals surface area (Å²) in [4.78, 5) is 0. The standard InChI is InChI=1S/C40H32Cl6OSi2/c41-39(42,43)29-31-17-13-15-27-37(31)48(33-19-5-1-6-20-33,34-21-7-2-8-22-34)47-49(35-23-9-3-10-24-35,36-25-11-4-12-26-36)38-28-16-14-18-32(38)30-40(44,45)46/h1-28H,29-30H2. The normalized spacial score (nSPS) is 12.5. The van der Waals surface area contributed by atoms with Crippen LogP contribution in [0, 0.1) is 0 Å². The summed E-state index contributed by atoms with van der Waals surface area (Å²) in [6.45, 7) is 0. The third-order valence-corrected chi connectivity index (χ3v) is 18.9. The molecule has 9 heteroatoms. The Kier molecular flexibility index (Phi) is 11.4. The average molecular weight is 798 g/mol. The van der Waals surface area contributed by atoms with Crippen LogP contribution in [0.5, 0.6) is 0 Å². The first-order valence-electron chi connectivity index (χ1n) is 15.8. The Labute approximate surface area is 320 Å². The molecule has 0 N–H and O–H groups in total. The summed E-state index contributed by atoms with van der Waals surface area (Å²) in [7, 11) is -7.09. The molecule has 1 nitrogen and oxygen atoms in total. The molecule has 0 saturated heterocycles. The highest BCUT2D eigenvalue weighted by molar-refractivity contribution is 7.18. The number of rotatable bonds is 10. The third-order valence-electron chi connectivity index (χ3n) is 8.60. The SMILES string of the molecule is ClC(Cl)(Cl)Cc1ccccc1[Si](O[Si](c1ccccc1)(c1ccccc1)c1ccccc1CC(Cl)(Cl)Cl)(c1ccccc1)c1ccccc1. The second-order valence-corrected chi connectivity index (χ2v) is 23.8. The summed E-state index contributed by atoms with van der Waals surface area (Å²) in [5, 5.41) is 6.23. The lowest BCUT2D eigenvalue weighted by Gasteiger charge is -2.45. The largest absolute Gasteiger partial charge is 0.435 e. The molecule has 0 fully saturated rings. The van der Waals surface area contributed by atoms with Crippen LogP contribution < -0.4 is 31.1 Å². The van der Waals surface area contributed by atoms with E-state index in [2.05, 4.69) is 109 Å². The maximum atomic E-state index is 8.47. The zero-order valence-electron chi connectivity index (χ0n) is 26.3. The van der Waals surface area contributed by atoms with Crippen LogP contribution in [-0.4, -0.2) is 24.2 Å². The van der Waals surface area contributed by atoms with E-state index in [1.807, 2.05) is 60.7 Å². The molecular weight excluding hydrogens is 765 g/mol. The van der Waals surface area contributed by atoms with E-state index in [1.54, 1.807) is 0 Å². The van der Waals surface area contributed by atoms with Gasteiger partial charge in [0.15, 0.2) is 7.59 Å². The topological polar surface area (TPSA) is 9.23 Å². The number of halogens is 6. The first-order valence-corrected chi connectivity index (χ1v) is 21.8. The van der Waals surface area contributed by atoms with Crippen molar-refractivity contribution in [3.63, 3.8) is 0 Å². The zero-order valence-corrected chi connectivity index (χ0v) is 32.8. The Morgan fingerprint density at radius 3 is 0.857 bits per heavy atom. The summed E-state index contributed by atoms with van der Waals surface area (Å²) in [6.07, 6.45) is 0.390. The molecule has 0 amide bonds. The third kappa shape index (κ3) is 8.02. The quantitative estimate of drug-likeness (QED) is 0.0773. The van der Waals surface area contributed by atoms with Crippen molar-refractivity contribution in [2.24, 2.45) is 0 Å². The van der Waals surface area contributed by atoms with Crippen molar-refractivity contribution in [1.82, 2.24) is 0 Å². The molecule has 6 aromatic carbocycles. The Hall–Kier alpha value is -2.55. The molecule has 0 unspecified atom stereocenters. The number of benzene rings is 6. The molecule has 0 aliphatic rings. The minimum absolute atomic E-state index is 0.195. The van der Waals surface area contributed by atoms with Crippen molar-refractivity contribution < 1.29 is 4.12 Å². The van der Waals surface area contributed by atoms with Crippen LogP contribution in [0.1, 0.15) is 11.1 Å². The molecular formula is C40H32Cl6OSi2. The van der Waals surface area contributed by atoms with Crippen LogP contribution in [0.2, 0.25) is 0 Å². The highest BCUT2D eigenvalue weighted by atomic mass is 35.6. The van der Waals surface area contributed by atoms with Crippen molar-refractivity contribution >= 4 is 117 Å². The average Bonchev–Trinajstić information content (AvgIpc) is 3.10. The van der Waals surface area contributed by atoms with Gasteiger partial charge in [0.05, 0.1) is 0 Å². The van der Waals surface area contributed by atoms with Crippen molar-refractivity contribution in [2.45, 2.75) is 20.4 Å². The maximum absolute atomic E-state index is 8.47. The highest BCUT2D eigenvalue weighted by Crippen LogP contribution is 2.33. The Morgan fingerprint density at radius 1 is 0.347 bits per heavy atom. The second-order valence-electron chi connectivity index (χ2n) is 11.8. The lowest BCUT2D eigenvalue weighted by atomic mass is 10.2. The lowest BCUT2D eigenvalue weighted by Crippen LogP contribution is -2.81. The fourth-order valence-corrected chi connectivity index (χ4v) is 18.6. The van der Waals surface area contributed by atoms with Crippen LogP contribution in [0.15, 0.2) is 170 Å². The van der Waals surface area contributed by atoms with E-state index in [0.29, 0.717) is 0 Å². The summed E-state index contributed by atoms with van der Waals surface area (Å²) < 4.78 is 5.40. The molecule has 0 heterocycles. The molecule has 0 radical (unpaired) electrons. The van der Waals surface area contributed by atoms with Gasteiger partial charge in [-0.2, -0.15) is 0 Å². The van der Waals surface area contributed by atoms with Crippen LogP contribution in [0.4, 0.5) is 0 Å². The molecule has 49 heavy (non-hydrogen) atoms. The zero-order chi connectivity index (χ0) is 34.5. The summed E-state index contributed by atoms with van der Waals surface area (Å²) in [5.41, 5.74) is 1.81. The first-order chi connectivity index (χ1) is 23.5. The van der Waals surface area contributed by atoms with Gasteiger partial charge < -0.3 is 4.12 Å². The maximum Gasteiger partial charge on any atom is 0.279 e.